The molecule has 1 heterocycles. The SMILES string of the molecule is CC1CCN(C(=O)c2cccc(OCCC=O)c2)CC1. The highest BCUT2D eigenvalue weighted by atomic mass is 16.5. The molecule has 0 atom stereocenters. The summed E-state index contributed by atoms with van der Waals surface area (Å²) in [5.74, 6) is 1.41. The molecule has 0 saturated carbocycles. The van der Waals surface area contributed by atoms with Gasteiger partial charge in [0, 0.05) is 25.1 Å². The number of benzene rings is 1. The van der Waals surface area contributed by atoms with E-state index >= 15 is 0 Å². The van der Waals surface area contributed by atoms with Gasteiger partial charge in [0.05, 0.1) is 6.61 Å². The lowest BCUT2D eigenvalue weighted by Crippen LogP contribution is -2.37. The number of carbonyl (C=O) groups excluding carboxylic acids is 2. The standard InChI is InChI=1S/C16H21NO3/c1-13-6-8-17(9-7-13)16(19)14-4-2-5-15(12-14)20-11-3-10-18/h2,4-5,10,12-13H,3,6-9,11H2,1H3. The summed E-state index contributed by atoms with van der Waals surface area (Å²) in [6, 6.07) is 7.19. The van der Waals surface area contributed by atoms with Crippen LogP contribution in [0.15, 0.2) is 24.3 Å². The Morgan fingerprint density at radius 3 is 2.85 bits per heavy atom. The van der Waals surface area contributed by atoms with Crippen LogP contribution in [0.3, 0.4) is 0 Å². The van der Waals surface area contributed by atoms with E-state index in [1.807, 2.05) is 17.0 Å². The molecule has 0 N–H and O–H groups in total. The van der Waals surface area contributed by atoms with Gasteiger partial charge in [-0.15, -0.1) is 0 Å². The first-order valence-corrected chi connectivity index (χ1v) is 7.16. The number of likely N-dealkylation sites (tertiary alicyclic amines) is 1. The smallest absolute Gasteiger partial charge is 0.253 e. The van der Waals surface area contributed by atoms with Gasteiger partial charge in [-0.2, -0.15) is 0 Å². The zero-order valence-corrected chi connectivity index (χ0v) is 11.9. The van der Waals surface area contributed by atoms with E-state index in [-0.39, 0.29) is 5.91 Å². The van der Waals surface area contributed by atoms with Crippen LogP contribution in [0.4, 0.5) is 0 Å². The van der Waals surface area contributed by atoms with Gasteiger partial charge in [0.1, 0.15) is 12.0 Å². The maximum Gasteiger partial charge on any atom is 0.253 e. The number of aldehydes is 1. The van der Waals surface area contributed by atoms with Gasteiger partial charge in [-0.3, -0.25) is 4.79 Å². The van der Waals surface area contributed by atoms with E-state index < -0.39 is 0 Å². The molecule has 0 bridgehead atoms. The molecular weight excluding hydrogens is 254 g/mol. The fraction of sp³-hybridized carbons (Fsp3) is 0.500. The van der Waals surface area contributed by atoms with Crippen LogP contribution >= 0.6 is 0 Å². The van der Waals surface area contributed by atoms with Crippen molar-refractivity contribution in [3.05, 3.63) is 29.8 Å². The fourth-order valence-corrected chi connectivity index (χ4v) is 2.34. The topological polar surface area (TPSA) is 46.6 Å². The van der Waals surface area contributed by atoms with E-state index in [1.54, 1.807) is 12.1 Å². The van der Waals surface area contributed by atoms with Crippen LogP contribution in [-0.4, -0.2) is 36.8 Å². The first kappa shape index (κ1) is 14.6. The van der Waals surface area contributed by atoms with Gasteiger partial charge in [-0.25, -0.2) is 0 Å². The zero-order chi connectivity index (χ0) is 14.4. The van der Waals surface area contributed by atoms with Crippen LogP contribution in [0.25, 0.3) is 0 Å². The van der Waals surface area contributed by atoms with Crippen LogP contribution < -0.4 is 4.74 Å². The van der Waals surface area contributed by atoms with Crippen molar-refractivity contribution >= 4 is 12.2 Å². The van der Waals surface area contributed by atoms with Crippen molar-refractivity contribution in [1.29, 1.82) is 0 Å². The third-order valence-corrected chi connectivity index (χ3v) is 3.66. The number of rotatable bonds is 5. The summed E-state index contributed by atoms with van der Waals surface area (Å²) in [6.07, 6.45) is 3.33. The third-order valence-electron chi connectivity index (χ3n) is 3.66. The number of carbonyl (C=O) groups is 2. The summed E-state index contributed by atoms with van der Waals surface area (Å²) in [4.78, 5) is 24.6. The quantitative estimate of drug-likeness (QED) is 0.613. The molecule has 1 aliphatic heterocycles. The lowest BCUT2D eigenvalue weighted by Gasteiger charge is -2.30. The van der Waals surface area contributed by atoms with Crippen molar-refractivity contribution < 1.29 is 14.3 Å². The van der Waals surface area contributed by atoms with Gasteiger partial charge in [-0.1, -0.05) is 13.0 Å². The number of nitrogens with zero attached hydrogens (tertiary/aromatic N) is 1. The van der Waals surface area contributed by atoms with Crippen LogP contribution in [-0.2, 0) is 4.79 Å². The molecule has 1 fully saturated rings. The number of hydrogen-bond acceptors (Lipinski definition) is 3. The molecule has 1 aromatic carbocycles. The van der Waals surface area contributed by atoms with Crippen LogP contribution in [0, 0.1) is 5.92 Å². The molecule has 1 aliphatic rings. The van der Waals surface area contributed by atoms with E-state index in [0.717, 1.165) is 32.2 Å². The minimum absolute atomic E-state index is 0.0673. The average Bonchev–Trinajstić information content (AvgIpc) is 2.48. The maximum atomic E-state index is 12.4. The molecule has 2 rings (SSSR count). The molecule has 4 heteroatoms. The molecule has 0 radical (unpaired) electrons. The maximum absolute atomic E-state index is 12.4. The van der Waals surface area contributed by atoms with Gasteiger partial charge < -0.3 is 14.4 Å². The third kappa shape index (κ3) is 3.83. The Hall–Kier alpha value is -1.84. The second kappa shape index (κ2) is 7.08. The van der Waals surface area contributed by atoms with Crippen molar-refractivity contribution in [2.45, 2.75) is 26.2 Å². The van der Waals surface area contributed by atoms with Gasteiger partial charge in [0.25, 0.3) is 5.91 Å². The predicted molar refractivity (Wildman–Crippen MR) is 76.9 cm³/mol. The molecule has 0 aliphatic carbocycles. The Morgan fingerprint density at radius 2 is 2.15 bits per heavy atom. The molecule has 0 unspecified atom stereocenters. The molecule has 0 aromatic heterocycles. The average molecular weight is 275 g/mol. The highest BCUT2D eigenvalue weighted by molar-refractivity contribution is 5.94. The summed E-state index contributed by atoms with van der Waals surface area (Å²) in [7, 11) is 0. The molecule has 1 aromatic rings. The van der Waals surface area contributed by atoms with Crippen LogP contribution in [0.5, 0.6) is 5.75 Å². The number of hydrogen-bond donors (Lipinski definition) is 0. The first-order valence-electron chi connectivity index (χ1n) is 7.16. The van der Waals surface area contributed by atoms with Crippen molar-refractivity contribution in [1.82, 2.24) is 4.90 Å². The van der Waals surface area contributed by atoms with Crippen molar-refractivity contribution in [3.8, 4) is 5.75 Å². The molecule has 108 valence electrons. The Morgan fingerprint density at radius 1 is 1.40 bits per heavy atom. The Balaban J connectivity index is 1.98. The predicted octanol–water partition coefficient (Wildman–Crippen LogP) is 2.53. The Bertz CT molecular complexity index is 465. The monoisotopic (exact) mass is 275 g/mol. The van der Waals surface area contributed by atoms with Crippen molar-refractivity contribution in [2.75, 3.05) is 19.7 Å². The molecule has 1 amide bonds. The summed E-state index contributed by atoms with van der Waals surface area (Å²) < 4.78 is 5.44. The van der Waals surface area contributed by atoms with Crippen LogP contribution in [0.1, 0.15) is 36.5 Å². The second-order valence-corrected chi connectivity index (χ2v) is 5.31. The molecule has 0 spiro atoms. The summed E-state index contributed by atoms with van der Waals surface area (Å²) >= 11 is 0. The molecule has 4 nitrogen and oxygen atoms in total. The van der Waals surface area contributed by atoms with Crippen molar-refractivity contribution in [2.24, 2.45) is 5.92 Å². The van der Waals surface area contributed by atoms with Gasteiger partial charge in [-0.05, 0) is 37.0 Å². The highest BCUT2D eigenvalue weighted by Crippen LogP contribution is 2.20. The molecular formula is C16H21NO3. The van der Waals surface area contributed by atoms with E-state index in [0.29, 0.717) is 30.3 Å². The van der Waals surface area contributed by atoms with Crippen molar-refractivity contribution in [3.63, 3.8) is 0 Å². The van der Waals surface area contributed by atoms with Gasteiger partial charge >= 0.3 is 0 Å². The lowest BCUT2D eigenvalue weighted by molar-refractivity contribution is -0.108. The normalized spacial score (nSPS) is 15.9. The number of piperidine rings is 1. The van der Waals surface area contributed by atoms with E-state index in [1.165, 1.54) is 0 Å². The zero-order valence-electron chi connectivity index (χ0n) is 11.9. The summed E-state index contributed by atoms with van der Waals surface area (Å²) in [5, 5.41) is 0. The lowest BCUT2D eigenvalue weighted by atomic mass is 9.98. The minimum atomic E-state index is 0.0673. The Labute approximate surface area is 119 Å². The Kier molecular flexibility index (Phi) is 5.16. The molecule has 1 saturated heterocycles. The van der Waals surface area contributed by atoms with Gasteiger partial charge in [0.2, 0.25) is 0 Å². The van der Waals surface area contributed by atoms with Crippen LogP contribution in [0.2, 0.25) is 0 Å². The van der Waals surface area contributed by atoms with E-state index in [2.05, 4.69) is 6.92 Å². The second-order valence-electron chi connectivity index (χ2n) is 5.31. The van der Waals surface area contributed by atoms with E-state index in [9.17, 15) is 9.59 Å². The largest absolute Gasteiger partial charge is 0.493 e. The van der Waals surface area contributed by atoms with E-state index in [4.69, 9.17) is 4.74 Å². The minimum Gasteiger partial charge on any atom is -0.493 e. The number of amides is 1. The summed E-state index contributed by atoms with van der Waals surface area (Å²) in [5.41, 5.74) is 0.656. The highest BCUT2D eigenvalue weighted by Gasteiger charge is 2.21. The summed E-state index contributed by atoms with van der Waals surface area (Å²) in [6.45, 7) is 4.23. The molecule has 20 heavy (non-hydrogen) atoms. The fourth-order valence-electron chi connectivity index (χ4n) is 2.34. The first-order chi connectivity index (χ1) is 9.70. The number of ether oxygens (including phenoxy) is 1. The van der Waals surface area contributed by atoms with Gasteiger partial charge in [0.15, 0.2) is 0 Å².